The van der Waals surface area contributed by atoms with E-state index in [1.807, 2.05) is 48.5 Å². The summed E-state index contributed by atoms with van der Waals surface area (Å²) in [6, 6.07) is 14.2. The van der Waals surface area contributed by atoms with Crippen LogP contribution in [0.3, 0.4) is 0 Å². The molecule has 2 aromatic carbocycles. The standard InChI is InChI=1S/C26H31N5O4/c1-26(2,3)35-25(34)29-22(13-17-7-5-4-6-8-17)24(33)31-12-11-18(16-31)23(32)28-20-9-10-21-19(14-20)15-27-30-21/h4-10,14-15,18,22H,11-13,16H2,1-3H3,(H,27,30)(H,28,32)(H,29,34)/t18?,22-/m0/s1. The molecular weight excluding hydrogens is 446 g/mol. The first-order valence-corrected chi connectivity index (χ1v) is 11.7. The number of nitrogens with zero attached hydrogens (tertiary/aromatic N) is 2. The number of fused-ring (bicyclic) bond motifs is 1. The molecule has 9 heteroatoms. The van der Waals surface area contributed by atoms with E-state index >= 15 is 0 Å². The van der Waals surface area contributed by atoms with E-state index in [0.29, 0.717) is 31.6 Å². The summed E-state index contributed by atoms with van der Waals surface area (Å²) in [5.74, 6) is -0.699. The third kappa shape index (κ3) is 6.38. The fourth-order valence-corrected chi connectivity index (χ4v) is 4.16. The van der Waals surface area contributed by atoms with Gasteiger partial charge < -0.3 is 20.3 Å². The fraction of sp³-hybridized carbons (Fsp3) is 0.385. The number of aromatic amines is 1. The highest BCUT2D eigenvalue weighted by atomic mass is 16.6. The van der Waals surface area contributed by atoms with Crippen LogP contribution < -0.4 is 10.6 Å². The molecule has 4 rings (SSSR count). The second-order valence-electron chi connectivity index (χ2n) is 9.82. The summed E-state index contributed by atoms with van der Waals surface area (Å²) in [6.45, 7) is 6.05. The quantitative estimate of drug-likeness (QED) is 0.503. The molecular formula is C26H31N5O4. The number of rotatable bonds is 6. The number of nitrogens with one attached hydrogen (secondary N) is 3. The molecule has 0 saturated carbocycles. The van der Waals surface area contributed by atoms with Gasteiger partial charge in [0.1, 0.15) is 11.6 Å². The average molecular weight is 478 g/mol. The molecule has 0 aliphatic carbocycles. The van der Waals surface area contributed by atoms with Gasteiger partial charge >= 0.3 is 6.09 Å². The van der Waals surface area contributed by atoms with Gasteiger partial charge in [0.05, 0.1) is 17.6 Å². The van der Waals surface area contributed by atoms with E-state index in [1.165, 1.54) is 0 Å². The lowest BCUT2D eigenvalue weighted by molar-refractivity contribution is -0.132. The minimum Gasteiger partial charge on any atom is -0.444 e. The lowest BCUT2D eigenvalue weighted by atomic mass is 10.0. The van der Waals surface area contributed by atoms with Gasteiger partial charge in [0.25, 0.3) is 0 Å². The molecule has 1 aliphatic heterocycles. The van der Waals surface area contributed by atoms with E-state index in [2.05, 4.69) is 20.8 Å². The molecule has 0 radical (unpaired) electrons. The number of alkyl carbamates (subject to hydrolysis) is 1. The van der Waals surface area contributed by atoms with Gasteiger partial charge in [-0.25, -0.2) is 4.79 Å². The van der Waals surface area contributed by atoms with Crippen LogP contribution in [0, 0.1) is 5.92 Å². The van der Waals surface area contributed by atoms with Crippen LogP contribution in [0.15, 0.2) is 54.7 Å². The van der Waals surface area contributed by atoms with Gasteiger partial charge in [0.2, 0.25) is 11.8 Å². The Kier molecular flexibility index (Phi) is 7.04. The van der Waals surface area contributed by atoms with Crippen molar-refractivity contribution in [2.24, 2.45) is 5.92 Å². The fourth-order valence-electron chi connectivity index (χ4n) is 4.16. The van der Waals surface area contributed by atoms with Crippen molar-refractivity contribution in [3.63, 3.8) is 0 Å². The number of ether oxygens (including phenoxy) is 1. The maximum atomic E-state index is 13.4. The lowest BCUT2D eigenvalue weighted by Crippen LogP contribution is -2.50. The van der Waals surface area contributed by atoms with E-state index in [-0.39, 0.29) is 17.7 Å². The average Bonchev–Trinajstić information content (AvgIpc) is 3.47. The van der Waals surface area contributed by atoms with Crippen LogP contribution in [0.4, 0.5) is 10.5 Å². The number of hydrogen-bond donors (Lipinski definition) is 3. The van der Waals surface area contributed by atoms with Crippen LogP contribution in [-0.4, -0.2) is 57.7 Å². The Morgan fingerprint density at radius 1 is 1.17 bits per heavy atom. The number of anilines is 1. The zero-order chi connectivity index (χ0) is 25.0. The maximum absolute atomic E-state index is 13.4. The molecule has 0 spiro atoms. The number of carbonyl (C=O) groups is 3. The number of likely N-dealkylation sites (tertiary alicyclic amines) is 1. The minimum absolute atomic E-state index is 0.136. The molecule has 2 heterocycles. The Balaban J connectivity index is 1.40. The van der Waals surface area contributed by atoms with Crippen LogP contribution in [0.1, 0.15) is 32.8 Å². The largest absolute Gasteiger partial charge is 0.444 e. The molecule has 9 nitrogen and oxygen atoms in total. The first-order valence-electron chi connectivity index (χ1n) is 11.7. The Morgan fingerprint density at radius 2 is 1.94 bits per heavy atom. The van der Waals surface area contributed by atoms with E-state index in [9.17, 15) is 14.4 Å². The Hall–Kier alpha value is -3.88. The van der Waals surface area contributed by atoms with Crippen LogP contribution in [0.5, 0.6) is 0 Å². The van der Waals surface area contributed by atoms with E-state index in [4.69, 9.17) is 4.74 Å². The smallest absolute Gasteiger partial charge is 0.408 e. The molecule has 1 aliphatic rings. The van der Waals surface area contributed by atoms with Gasteiger partial charge in [0.15, 0.2) is 0 Å². The van der Waals surface area contributed by atoms with Crippen molar-refractivity contribution in [2.45, 2.75) is 45.3 Å². The van der Waals surface area contributed by atoms with Crippen LogP contribution >= 0.6 is 0 Å². The van der Waals surface area contributed by atoms with Gasteiger partial charge in [-0.05, 0) is 51.0 Å². The number of amides is 3. The SMILES string of the molecule is CC(C)(C)OC(=O)N[C@@H](Cc1ccccc1)C(=O)N1CCC(C(=O)Nc2ccc3[nH]ncc3c2)C1. The number of aromatic nitrogens is 2. The number of benzene rings is 2. The summed E-state index contributed by atoms with van der Waals surface area (Å²) in [5, 5.41) is 13.5. The van der Waals surface area contributed by atoms with Crippen LogP contribution in [-0.2, 0) is 20.7 Å². The van der Waals surface area contributed by atoms with Gasteiger partial charge in [-0.15, -0.1) is 0 Å². The van der Waals surface area contributed by atoms with Gasteiger partial charge in [-0.3, -0.25) is 14.7 Å². The summed E-state index contributed by atoms with van der Waals surface area (Å²) in [4.78, 5) is 40.4. The predicted octanol–water partition coefficient (Wildman–Crippen LogP) is 3.49. The first kappa shape index (κ1) is 24.3. The predicted molar refractivity (Wildman–Crippen MR) is 133 cm³/mol. The highest BCUT2D eigenvalue weighted by Gasteiger charge is 2.35. The third-order valence-corrected chi connectivity index (χ3v) is 5.85. The van der Waals surface area contributed by atoms with Gasteiger partial charge in [-0.1, -0.05) is 30.3 Å². The monoisotopic (exact) mass is 477 g/mol. The first-order chi connectivity index (χ1) is 16.7. The maximum Gasteiger partial charge on any atom is 0.408 e. The third-order valence-electron chi connectivity index (χ3n) is 5.85. The van der Waals surface area contributed by atoms with Crippen molar-refractivity contribution in [2.75, 3.05) is 18.4 Å². The molecule has 2 atom stereocenters. The van der Waals surface area contributed by atoms with Gasteiger partial charge in [-0.2, -0.15) is 5.10 Å². The zero-order valence-electron chi connectivity index (χ0n) is 20.2. The Bertz CT molecular complexity index is 1200. The normalized spacial score (nSPS) is 16.7. The van der Waals surface area contributed by atoms with E-state index in [1.54, 1.807) is 31.9 Å². The summed E-state index contributed by atoms with van der Waals surface area (Å²) in [5.41, 5.74) is 1.82. The van der Waals surface area contributed by atoms with Crippen LogP contribution in [0.25, 0.3) is 10.9 Å². The second kappa shape index (κ2) is 10.2. The minimum atomic E-state index is -0.794. The topological polar surface area (TPSA) is 116 Å². The van der Waals surface area contributed by atoms with Crippen molar-refractivity contribution < 1.29 is 19.1 Å². The molecule has 184 valence electrons. The van der Waals surface area contributed by atoms with Crippen LogP contribution in [0.2, 0.25) is 0 Å². The number of carbonyl (C=O) groups excluding carboxylic acids is 3. The Labute approximate surface area is 204 Å². The van der Waals surface area contributed by atoms with E-state index < -0.39 is 17.7 Å². The molecule has 35 heavy (non-hydrogen) atoms. The molecule has 1 aromatic heterocycles. The van der Waals surface area contributed by atoms with Crippen molar-refractivity contribution in [1.29, 1.82) is 0 Å². The van der Waals surface area contributed by atoms with Crippen molar-refractivity contribution in [3.05, 3.63) is 60.3 Å². The lowest BCUT2D eigenvalue weighted by Gasteiger charge is -2.26. The number of H-pyrrole nitrogens is 1. The molecule has 1 saturated heterocycles. The molecule has 3 aromatic rings. The highest BCUT2D eigenvalue weighted by molar-refractivity contribution is 5.96. The summed E-state index contributed by atoms with van der Waals surface area (Å²) in [7, 11) is 0. The second-order valence-corrected chi connectivity index (χ2v) is 9.82. The van der Waals surface area contributed by atoms with Crippen molar-refractivity contribution in [1.82, 2.24) is 20.4 Å². The summed E-state index contributed by atoms with van der Waals surface area (Å²) < 4.78 is 5.38. The highest BCUT2D eigenvalue weighted by Crippen LogP contribution is 2.22. The molecule has 1 unspecified atom stereocenters. The van der Waals surface area contributed by atoms with E-state index in [0.717, 1.165) is 16.5 Å². The molecule has 3 amide bonds. The summed E-state index contributed by atoms with van der Waals surface area (Å²) >= 11 is 0. The summed E-state index contributed by atoms with van der Waals surface area (Å²) in [6.07, 6.45) is 1.94. The molecule has 3 N–H and O–H groups in total. The molecule has 0 bridgehead atoms. The van der Waals surface area contributed by atoms with Crippen molar-refractivity contribution >= 4 is 34.5 Å². The number of hydrogen-bond acceptors (Lipinski definition) is 5. The van der Waals surface area contributed by atoms with Gasteiger partial charge in [0, 0.05) is 30.6 Å². The zero-order valence-corrected chi connectivity index (χ0v) is 20.2. The molecule has 1 fully saturated rings. The Morgan fingerprint density at radius 3 is 2.69 bits per heavy atom. The van der Waals surface area contributed by atoms with Crippen molar-refractivity contribution in [3.8, 4) is 0 Å².